The van der Waals surface area contributed by atoms with E-state index in [4.69, 9.17) is 0 Å². The molecule has 0 unspecified atom stereocenters. The third-order valence-electron chi connectivity index (χ3n) is 4.47. The van der Waals surface area contributed by atoms with Gasteiger partial charge in [0.2, 0.25) is 5.91 Å². The van der Waals surface area contributed by atoms with E-state index in [0.29, 0.717) is 19.6 Å². The summed E-state index contributed by atoms with van der Waals surface area (Å²) < 4.78 is 0. The monoisotopic (exact) mass is 283 g/mol. The number of piperidine rings is 2. The number of hydrogen-bond acceptors (Lipinski definition) is 4. The van der Waals surface area contributed by atoms with Crippen LogP contribution in [0.15, 0.2) is 0 Å². The summed E-state index contributed by atoms with van der Waals surface area (Å²) in [6.07, 6.45) is 5.24. The molecule has 2 fully saturated rings. The van der Waals surface area contributed by atoms with Crippen LogP contribution in [0.1, 0.15) is 32.1 Å². The number of aliphatic hydroxyl groups excluding tert-OH is 1. The number of hydrogen-bond donors (Lipinski definition) is 1. The number of aliphatic hydroxyl groups is 1. The highest BCUT2D eigenvalue weighted by molar-refractivity contribution is 5.78. The minimum Gasteiger partial charge on any atom is -0.393 e. The summed E-state index contributed by atoms with van der Waals surface area (Å²) in [6.45, 7) is 6.38. The summed E-state index contributed by atoms with van der Waals surface area (Å²) in [4.78, 5) is 18.7. The number of carbonyl (C=O) groups is 1. The van der Waals surface area contributed by atoms with Crippen molar-refractivity contribution in [1.29, 1.82) is 0 Å². The van der Waals surface area contributed by atoms with Gasteiger partial charge in [-0.05, 0) is 45.8 Å². The van der Waals surface area contributed by atoms with Gasteiger partial charge in [-0.15, -0.1) is 0 Å². The number of nitrogens with zero attached hydrogens (tertiary/aromatic N) is 3. The van der Waals surface area contributed by atoms with Crippen LogP contribution in [-0.4, -0.2) is 84.7 Å². The van der Waals surface area contributed by atoms with Gasteiger partial charge in [0.1, 0.15) is 0 Å². The molecule has 5 heteroatoms. The smallest absolute Gasteiger partial charge is 0.236 e. The third-order valence-corrected chi connectivity index (χ3v) is 4.47. The van der Waals surface area contributed by atoms with Gasteiger partial charge in [-0.1, -0.05) is 6.42 Å². The SMILES string of the molecule is CN(CCN1CCCCC1)CC(=O)N1CCC(O)CC1. The Bertz CT molecular complexity index is 297. The molecule has 0 radical (unpaired) electrons. The molecule has 0 aromatic carbocycles. The van der Waals surface area contributed by atoms with Crippen molar-refractivity contribution >= 4 is 5.91 Å². The van der Waals surface area contributed by atoms with Gasteiger partial charge in [0.25, 0.3) is 0 Å². The van der Waals surface area contributed by atoms with E-state index < -0.39 is 0 Å². The predicted molar refractivity (Wildman–Crippen MR) is 79.6 cm³/mol. The van der Waals surface area contributed by atoms with E-state index in [9.17, 15) is 9.90 Å². The fraction of sp³-hybridized carbons (Fsp3) is 0.933. The maximum Gasteiger partial charge on any atom is 0.236 e. The van der Waals surface area contributed by atoms with Gasteiger partial charge in [0.05, 0.1) is 12.6 Å². The molecular weight excluding hydrogens is 254 g/mol. The van der Waals surface area contributed by atoms with Crippen molar-refractivity contribution in [2.24, 2.45) is 0 Å². The van der Waals surface area contributed by atoms with Crippen LogP contribution >= 0.6 is 0 Å². The topological polar surface area (TPSA) is 47.0 Å². The molecule has 116 valence electrons. The maximum absolute atomic E-state index is 12.2. The molecule has 0 saturated carbocycles. The summed E-state index contributed by atoms with van der Waals surface area (Å²) in [5, 5.41) is 9.47. The van der Waals surface area contributed by atoms with Crippen LogP contribution in [0.5, 0.6) is 0 Å². The zero-order valence-corrected chi connectivity index (χ0v) is 12.8. The Balaban J connectivity index is 1.63. The molecule has 2 heterocycles. The zero-order chi connectivity index (χ0) is 14.4. The summed E-state index contributed by atoms with van der Waals surface area (Å²) in [7, 11) is 2.03. The zero-order valence-electron chi connectivity index (χ0n) is 12.8. The Morgan fingerprint density at radius 2 is 1.80 bits per heavy atom. The molecule has 2 aliphatic rings. The van der Waals surface area contributed by atoms with Gasteiger partial charge >= 0.3 is 0 Å². The van der Waals surface area contributed by atoms with E-state index in [2.05, 4.69) is 9.80 Å². The molecule has 0 atom stereocenters. The van der Waals surface area contributed by atoms with E-state index in [1.54, 1.807) is 0 Å². The molecule has 0 bridgehead atoms. The molecule has 20 heavy (non-hydrogen) atoms. The van der Waals surface area contributed by atoms with E-state index in [0.717, 1.165) is 25.9 Å². The van der Waals surface area contributed by atoms with Gasteiger partial charge in [-0.3, -0.25) is 9.69 Å². The van der Waals surface area contributed by atoms with E-state index in [1.807, 2.05) is 11.9 Å². The van der Waals surface area contributed by atoms with E-state index in [1.165, 1.54) is 32.4 Å². The van der Waals surface area contributed by atoms with Crippen molar-refractivity contribution in [2.75, 3.05) is 52.9 Å². The van der Waals surface area contributed by atoms with Gasteiger partial charge in [-0.25, -0.2) is 0 Å². The minimum atomic E-state index is -0.212. The molecular formula is C15H29N3O2. The first-order valence-corrected chi connectivity index (χ1v) is 8.02. The molecule has 2 aliphatic heterocycles. The normalized spacial score (nSPS) is 22.4. The van der Waals surface area contributed by atoms with E-state index in [-0.39, 0.29) is 12.0 Å². The highest BCUT2D eigenvalue weighted by Crippen LogP contribution is 2.10. The van der Waals surface area contributed by atoms with Crippen molar-refractivity contribution in [3.8, 4) is 0 Å². The van der Waals surface area contributed by atoms with Gasteiger partial charge in [-0.2, -0.15) is 0 Å². The lowest BCUT2D eigenvalue weighted by molar-refractivity contribution is -0.134. The van der Waals surface area contributed by atoms with Crippen LogP contribution in [0, 0.1) is 0 Å². The first kappa shape index (κ1) is 15.7. The standard InChI is InChI=1S/C15H29N3O2/c1-16(11-12-17-7-3-2-4-8-17)13-15(20)18-9-5-14(19)6-10-18/h14,19H,2-13H2,1H3. The third kappa shape index (κ3) is 5.04. The highest BCUT2D eigenvalue weighted by atomic mass is 16.3. The number of amides is 1. The lowest BCUT2D eigenvalue weighted by atomic mass is 10.1. The quantitative estimate of drug-likeness (QED) is 0.793. The highest BCUT2D eigenvalue weighted by Gasteiger charge is 2.22. The van der Waals surface area contributed by atoms with Crippen molar-refractivity contribution in [3.05, 3.63) is 0 Å². The largest absolute Gasteiger partial charge is 0.393 e. The lowest BCUT2D eigenvalue weighted by Gasteiger charge is -2.32. The maximum atomic E-state index is 12.2. The Morgan fingerprint density at radius 3 is 2.45 bits per heavy atom. The molecule has 0 aliphatic carbocycles. The van der Waals surface area contributed by atoms with Gasteiger partial charge in [0.15, 0.2) is 0 Å². The Labute approximate surface area is 122 Å². The fourth-order valence-corrected chi connectivity index (χ4v) is 3.02. The van der Waals surface area contributed by atoms with Crippen molar-refractivity contribution in [3.63, 3.8) is 0 Å². The fourth-order valence-electron chi connectivity index (χ4n) is 3.02. The molecule has 5 nitrogen and oxygen atoms in total. The van der Waals surface area contributed by atoms with Crippen molar-refractivity contribution in [2.45, 2.75) is 38.2 Å². The summed E-state index contributed by atoms with van der Waals surface area (Å²) >= 11 is 0. The van der Waals surface area contributed by atoms with Crippen LogP contribution in [0.2, 0.25) is 0 Å². The van der Waals surface area contributed by atoms with Crippen LogP contribution < -0.4 is 0 Å². The first-order valence-electron chi connectivity index (χ1n) is 8.02. The van der Waals surface area contributed by atoms with Crippen LogP contribution in [-0.2, 0) is 4.79 Å². The number of rotatable bonds is 5. The molecule has 1 N–H and O–H groups in total. The molecule has 1 amide bonds. The summed E-state index contributed by atoms with van der Waals surface area (Å²) in [6, 6.07) is 0. The molecule has 2 saturated heterocycles. The second-order valence-electron chi connectivity index (χ2n) is 6.25. The number of carbonyl (C=O) groups excluding carboxylic acids is 1. The Kier molecular flexibility index (Phi) is 6.26. The molecule has 0 spiro atoms. The summed E-state index contributed by atoms with van der Waals surface area (Å²) in [5.41, 5.74) is 0. The van der Waals surface area contributed by atoms with E-state index >= 15 is 0 Å². The average molecular weight is 283 g/mol. The first-order chi connectivity index (χ1) is 9.65. The van der Waals surface area contributed by atoms with Crippen LogP contribution in [0.3, 0.4) is 0 Å². The summed E-state index contributed by atoms with van der Waals surface area (Å²) in [5.74, 6) is 0.207. The Hall–Kier alpha value is -0.650. The van der Waals surface area contributed by atoms with Crippen LogP contribution in [0.25, 0.3) is 0 Å². The second kappa shape index (κ2) is 7.96. The average Bonchev–Trinajstić information content (AvgIpc) is 2.47. The minimum absolute atomic E-state index is 0.207. The predicted octanol–water partition coefficient (Wildman–Crippen LogP) is 0.387. The van der Waals surface area contributed by atoms with Gasteiger partial charge < -0.3 is 14.9 Å². The number of likely N-dealkylation sites (N-methyl/N-ethyl adjacent to an activating group) is 1. The lowest BCUT2D eigenvalue weighted by Crippen LogP contribution is -2.45. The van der Waals surface area contributed by atoms with Crippen molar-refractivity contribution in [1.82, 2.24) is 14.7 Å². The van der Waals surface area contributed by atoms with Crippen molar-refractivity contribution < 1.29 is 9.90 Å². The number of likely N-dealkylation sites (tertiary alicyclic amines) is 2. The second-order valence-corrected chi connectivity index (χ2v) is 6.25. The Morgan fingerprint density at radius 1 is 1.15 bits per heavy atom. The molecule has 0 aromatic heterocycles. The van der Waals surface area contributed by atoms with Gasteiger partial charge in [0, 0.05) is 26.2 Å². The molecule has 2 rings (SSSR count). The van der Waals surface area contributed by atoms with Crippen LogP contribution in [0.4, 0.5) is 0 Å². The molecule has 0 aromatic rings.